The Balaban J connectivity index is 0.00000512. The third-order valence-electron chi connectivity index (χ3n) is 6.26. The Bertz CT molecular complexity index is 567. The van der Waals surface area contributed by atoms with Crippen LogP contribution in [0.2, 0.25) is 0 Å². The predicted molar refractivity (Wildman–Crippen MR) is 143 cm³/mol. The van der Waals surface area contributed by atoms with Gasteiger partial charge in [-0.05, 0) is 53.0 Å². The quantitative estimate of drug-likeness (QED) is 0.291. The average Bonchev–Trinajstić information content (AvgIpc) is 2.75. The summed E-state index contributed by atoms with van der Waals surface area (Å²) in [6.45, 7) is 21.2. The summed E-state index contributed by atoms with van der Waals surface area (Å²) in [5.74, 6) is 1.52. The molecular weight excluding hydrogens is 519 g/mol. The fourth-order valence-electron chi connectivity index (χ4n) is 4.29. The summed E-state index contributed by atoms with van der Waals surface area (Å²) in [5, 5.41) is 3.56. The van der Waals surface area contributed by atoms with Crippen LogP contribution in [0.15, 0.2) is 4.99 Å². The molecule has 2 fully saturated rings. The number of nitrogens with zero attached hydrogens (tertiary/aromatic N) is 5. The summed E-state index contributed by atoms with van der Waals surface area (Å²) in [4.78, 5) is 26.2. The van der Waals surface area contributed by atoms with Crippen molar-refractivity contribution < 1.29 is 9.53 Å². The van der Waals surface area contributed by atoms with Crippen LogP contribution in [0, 0.1) is 5.92 Å². The van der Waals surface area contributed by atoms with Gasteiger partial charge in [-0.15, -0.1) is 24.0 Å². The molecule has 188 valence electrons. The highest BCUT2D eigenvalue weighted by Crippen LogP contribution is 2.20. The number of hydrogen-bond acceptors (Lipinski definition) is 5. The molecule has 2 rings (SSSR count). The van der Waals surface area contributed by atoms with Gasteiger partial charge >= 0.3 is 6.09 Å². The lowest BCUT2D eigenvalue weighted by molar-refractivity contribution is 0.0214. The summed E-state index contributed by atoms with van der Waals surface area (Å²) < 4.78 is 5.56. The van der Waals surface area contributed by atoms with E-state index in [1.165, 1.54) is 13.1 Å². The summed E-state index contributed by atoms with van der Waals surface area (Å²) in [6, 6.07) is 0. The minimum Gasteiger partial charge on any atom is -0.444 e. The third-order valence-corrected chi connectivity index (χ3v) is 6.26. The second-order valence-electron chi connectivity index (χ2n) is 9.70. The van der Waals surface area contributed by atoms with Gasteiger partial charge in [-0.3, -0.25) is 9.89 Å². The van der Waals surface area contributed by atoms with Crippen molar-refractivity contribution in [3.63, 3.8) is 0 Å². The maximum atomic E-state index is 12.4. The summed E-state index contributed by atoms with van der Waals surface area (Å²) in [5.41, 5.74) is -0.449. The van der Waals surface area contributed by atoms with Gasteiger partial charge in [0.1, 0.15) is 5.60 Å². The van der Waals surface area contributed by atoms with Crippen molar-refractivity contribution in [3.05, 3.63) is 0 Å². The lowest BCUT2D eigenvalue weighted by Crippen LogP contribution is -2.51. The van der Waals surface area contributed by atoms with E-state index in [2.05, 4.69) is 31.9 Å². The van der Waals surface area contributed by atoms with Crippen LogP contribution >= 0.6 is 24.0 Å². The molecule has 0 radical (unpaired) electrons. The lowest BCUT2D eigenvalue weighted by atomic mass is 9.96. The van der Waals surface area contributed by atoms with Crippen LogP contribution in [-0.4, -0.2) is 116 Å². The second kappa shape index (κ2) is 14.5. The minimum absolute atomic E-state index is 0. The van der Waals surface area contributed by atoms with Crippen molar-refractivity contribution in [2.45, 2.75) is 53.1 Å². The van der Waals surface area contributed by atoms with Gasteiger partial charge in [0.05, 0.1) is 0 Å². The molecule has 2 aliphatic heterocycles. The number of aliphatic imine (C=N–C) groups is 1. The summed E-state index contributed by atoms with van der Waals surface area (Å²) >= 11 is 0. The molecule has 8 nitrogen and oxygen atoms in total. The third kappa shape index (κ3) is 9.99. The van der Waals surface area contributed by atoms with Crippen LogP contribution in [0.4, 0.5) is 4.79 Å². The molecule has 1 N–H and O–H groups in total. The Hall–Kier alpha value is -0.810. The van der Waals surface area contributed by atoms with E-state index < -0.39 is 5.60 Å². The molecule has 0 unspecified atom stereocenters. The first-order valence-electron chi connectivity index (χ1n) is 12.1. The molecule has 0 aromatic heterocycles. The van der Waals surface area contributed by atoms with Gasteiger partial charge in [-0.2, -0.15) is 0 Å². The second-order valence-corrected chi connectivity index (χ2v) is 9.70. The van der Waals surface area contributed by atoms with E-state index in [-0.39, 0.29) is 30.1 Å². The molecule has 32 heavy (non-hydrogen) atoms. The number of amides is 1. The smallest absolute Gasteiger partial charge is 0.410 e. The van der Waals surface area contributed by atoms with Gasteiger partial charge < -0.3 is 24.8 Å². The molecule has 0 atom stereocenters. The first-order valence-corrected chi connectivity index (χ1v) is 12.1. The minimum atomic E-state index is -0.449. The van der Waals surface area contributed by atoms with E-state index in [0.29, 0.717) is 12.5 Å². The average molecular weight is 567 g/mol. The van der Waals surface area contributed by atoms with Crippen molar-refractivity contribution in [2.24, 2.45) is 10.9 Å². The van der Waals surface area contributed by atoms with Crippen LogP contribution in [0.3, 0.4) is 0 Å². The Labute approximate surface area is 213 Å². The van der Waals surface area contributed by atoms with Crippen LogP contribution in [0.25, 0.3) is 0 Å². The van der Waals surface area contributed by atoms with Gasteiger partial charge in [-0.25, -0.2) is 4.79 Å². The number of piperazine rings is 1. The van der Waals surface area contributed by atoms with Gasteiger partial charge in [-0.1, -0.05) is 6.92 Å². The topological polar surface area (TPSA) is 63.7 Å². The van der Waals surface area contributed by atoms with E-state index in [9.17, 15) is 4.79 Å². The highest BCUT2D eigenvalue weighted by atomic mass is 127. The Morgan fingerprint density at radius 1 is 1.06 bits per heavy atom. The van der Waals surface area contributed by atoms with E-state index in [1.807, 2.05) is 39.6 Å². The molecule has 2 saturated heterocycles. The molecule has 0 saturated carbocycles. The number of piperidine rings is 1. The fraction of sp³-hybridized carbons (Fsp3) is 0.913. The highest BCUT2D eigenvalue weighted by Gasteiger charge is 2.27. The van der Waals surface area contributed by atoms with Gasteiger partial charge in [0.25, 0.3) is 0 Å². The number of ether oxygens (including phenoxy) is 1. The van der Waals surface area contributed by atoms with E-state index in [4.69, 9.17) is 4.74 Å². The zero-order valence-electron chi connectivity index (χ0n) is 21.2. The van der Waals surface area contributed by atoms with Crippen LogP contribution in [0.1, 0.15) is 47.5 Å². The van der Waals surface area contributed by atoms with E-state index in [0.717, 1.165) is 71.2 Å². The number of guanidine groups is 1. The van der Waals surface area contributed by atoms with Crippen molar-refractivity contribution in [1.29, 1.82) is 0 Å². The molecule has 2 aliphatic rings. The maximum Gasteiger partial charge on any atom is 0.410 e. The van der Waals surface area contributed by atoms with Gasteiger partial charge in [0.15, 0.2) is 5.96 Å². The van der Waals surface area contributed by atoms with E-state index >= 15 is 0 Å². The van der Waals surface area contributed by atoms with E-state index in [1.54, 1.807) is 0 Å². The molecular formula is C23H47IN6O2. The normalized spacial score (nSPS) is 19.4. The predicted octanol–water partition coefficient (Wildman–Crippen LogP) is 2.79. The molecule has 0 spiro atoms. The number of rotatable bonds is 7. The summed E-state index contributed by atoms with van der Waals surface area (Å²) in [6.07, 6.45) is 1.94. The first-order chi connectivity index (χ1) is 14.8. The number of carbonyl (C=O) groups excluding carboxylic acids is 1. The van der Waals surface area contributed by atoms with Gasteiger partial charge in [0.2, 0.25) is 0 Å². The number of likely N-dealkylation sites (N-methyl/N-ethyl adjacent to an activating group) is 1. The van der Waals surface area contributed by atoms with Crippen LogP contribution in [-0.2, 0) is 4.74 Å². The van der Waals surface area contributed by atoms with Crippen molar-refractivity contribution in [2.75, 3.05) is 79.0 Å². The SMILES string of the molecule is CCN1CCN(CCNC(=NC)N2CCC(CN(CC)C(=O)OC(C)(C)C)CC2)CC1.I. The Kier molecular flexibility index (Phi) is 13.2. The number of hydrogen-bond donors (Lipinski definition) is 1. The highest BCUT2D eigenvalue weighted by molar-refractivity contribution is 14.0. The first kappa shape index (κ1) is 29.2. The van der Waals surface area contributed by atoms with Crippen molar-refractivity contribution >= 4 is 36.0 Å². The number of carbonyl (C=O) groups is 1. The molecule has 1 amide bonds. The lowest BCUT2D eigenvalue weighted by Gasteiger charge is -2.37. The van der Waals surface area contributed by atoms with Crippen LogP contribution in [0.5, 0.6) is 0 Å². The molecule has 0 aliphatic carbocycles. The fourth-order valence-corrected chi connectivity index (χ4v) is 4.29. The molecule has 0 aromatic rings. The monoisotopic (exact) mass is 566 g/mol. The zero-order valence-corrected chi connectivity index (χ0v) is 23.6. The summed E-state index contributed by atoms with van der Waals surface area (Å²) in [7, 11) is 1.87. The molecule has 0 bridgehead atoms. The van der Waals surface area contributed by atoms with Gasteiger partial charge in [0, 0.05) is 72.5 Å². The largest absolute Gasteiger partial charge is 0.444 e. The number of halogens is 1. The maximum absolute atomic E-state index is 12.4. The molecule has 0 aromatic carbocycles. The Morgan fingerprint density at radius 2 is 1.66 bits per heavy atom. The number of nitrogens with one attached hydrogen (secondary N) is 1. The standard InChI is InChI=1S/C23H46N6O2.HI/c1-7-26-15-17-27(18-16-26)14-11-25-21(24-6)29-12-9-20(10-13-29)19-28(8-2)22(30)31-23(3,4)5;/h20H,7-19H2,1-6H3,(H,24,25);1H. The van der Waals surface area contributed by atoms with Crippen molar-refractivity contribution in [3.8, 4) is 0 Å². The Morgan fingerprint density at radius 3 is 2.16 bits per heavy atom. The molecule has 9 heteroatoms. The van der Waals surface area contributed by atoms with Crippen LogP contribution < -0.4 is 5.32 Å². The number of likely N-dealkylation sites (tertiary alicyclic amines) is 1. The van der Waals surface area contributed by atoms with Crippen molar-refractivity contribution in [1.82, 2.24) is 24.9 Å². The zero-order chi connectivity index (χ0) is 22.9. The molecule has 2 heterocycles.